The molecule has 196 valence electrons. The van der Waals surface area contributed by atoms with Crippen LogP contribution in [0.2, 0.25) is 0 Å². The molecule has 4 nitrogen and oxygen atoms in total. The standard InChI is InChI=1S/C30H35F2N3OS/c31-26-11-9-21(17-27(26)32)10-12-30(36)33-19-23-5-1-2-6-24(23)20-35-15-13-22(14-16-35)18-28-25-7-3-4-8-29(25)37-34-28/h3-4,7-12,17,22-24H,1-2,5-6,13-16,18-20H2,(H,33,36)/b12-10+/t23-,24-/m1/s1. The van der Waals surface area contributed by atoms with Gasteiger partial charge in [-0.25, -0.2) is 8.78 Å². The largest absolute Gasteiger partial charge is 0.352 e. The van der Waals surface area contributed by atoms with Gasteiger partial charge in [0.15, 0.2) is 11.6 Å². The molecule has 0 radical (unpaired) electrons. The van der Waals surface area contributed by atoms with Crippen LogP contribution in [0.3, 0.4) is 0 Å². The summed E-state index contributed by atoms with van der Waals surface area (Å²) in [6.45, 7) is 4.05. The highest BCUT2D eigenvalue weighted by Gasteiger charge is 2.29. The van der Waals surface area contributed by atoms with E-state index in [1.54, 1.807) is 11.5 Å². The van der Waals surface area contributed by atoms with Crippen molar-refractivity contribution in [1.29, 1.82) is 0 Å². The van der Waals surface area contributed by atoms with Crippen molar-refractivity contribution in [2.75, 3.05) is 26.2 Å². The van der Waals surface area contributed by atoms with Gasteiger partial charge in [0.2, 0.25) is 5.91 Å². The van der Waals surface area contributed by atoms with Gasteiger partial charge in [0, 0.05) is 24.6 Å². The molecule has 2 fully saturated rings. The van der Waals surface area contributed by atoms with Crippen molar-refractivity contribution in [1.82, 2.24) is 14.6 Å². The Morgan fingerprint density at radius 1 is 1.03 bits per heavy atom. The second-order valence-corrected chi connectivity index (χ2v) is 11.4. The zero-order chi connectivity index (χ0) is 25.6. The van der Waals surface area contributed by atoms with E-state index in [0.29, 0.717) is 29.9 Å². The monoisotopic (exact) mass is 523 g/mol. The number of aromatic nitrogens is 1. The molecule has 1 N–H and O–H groups in total. The van der Waals surface area contributed by atoms with E-state index in [0.717, 1.165) is 44.6 Å². The van der Waals surface area contributed by atoms with Crippen molar-refractivity contribution in [2.45, 2.75) is 44.9 Å². The maximum absolute atomic E-state index is 13.4. The minimum Gasteiger partial charge on any atom is -0.352 e. The average Bonchev–Trinajstić information content (AvgIpc) is 3.32. The van der Waals surface area contributed by atoms with E-state index < -0.39 is 11.6 Å². The van der Waals surface area contributed by atoms with E-state index in [4.69, 9.17) is 4.37 Å². The van der Waals surface area contributed by atoms with Crippen LogP contribution < -0.4 is 5.32 Å². The van der Waals surface area contributed by atoms with Crippen LogP contribution in [0.5, 0.6) is 0 Å². The number of carbonyl (C=O) groups excluding carboxylic acids is 1. The first-order valence-corrected chi connectivity index (χ1v) is 14.3. The second-order valence-electron chi connectivity index (χ2n) is 10.6. The molecular formula is C30H35F2N3OS. The first-order chi connectivity index (χ1) is 18.0. The molecular weight excluding hydrogens is 488 g/mol. The smallest absolute Gasteiger partial charge is 0.244 e. The van der Waals surface area contributed by atoms with E-state index in [-0.39, 0.29) is 5.91 Å². The van der Waals surface area contributed by atoms with Crippen LogP contribution in [0, 0.1) is 29.4 Å². The molecule has 7 heteroatoms. The van der Waals surface area contributed by atoms with Crippen LogP contribution in [-0.2, 0) is 11.2 Å². The highest BCUT2D eigenvalue weighted by atomic mass is 32.1. The molecule has 0 unspecified atom stereocenters. The molecule has 2 aromatic carbocycles. The third-order valence-electron chi connectivity index (χ3n) is 8.11. The molecule has 1 aliphatic heterocycles. The van der Waals surface area contributed by atoms with Crippen molar-refractivity contribution >= 4 is 33.6 Å². The zero-order valence-electron chi connectivity index (χ0n) is 21.2. The predicted octanol–water partition coefficient (Wildman–Crippen LogP) is 6.47. The number of amides is 1. The van der Waals surface area contributed by atoms with Gasteiger partial charge in [-0.3, -0.25) is 4.79 Å². The van der Waals surface area contributed by atoms with Crippen LogP contribution in [0.15, 0.2) is 48.5 Å². The summed E-state index contributed by atoms with van der Waals surface area (Å²) in [5.41, 5.74) is 1.73. The Hall–Kier alpha value is -2.64. The van der Waals surface area contributed by atoms with E-state index in [9.17, 15) is 13.6 Å². The summed E-state index contributed by atoms with van der Waals surface area (Å²) < 4.78 is 32.5. The van der Waals surface area contributed by atoms with Gasteiger partial charge in [-0.2, -0.15) is 4.37 Å². The number of halogens is 2. The predicted molar refractivity (Wildman–Crippen MR) is 146 cm³/mol. The van der Waals surface area contributed by atoms with Crippen LogP contribution in [0.1, 0.15) is 49.8 Å². The number of carbonyl (C=O) groups is 1. The number of piperidine rings is 1. The van der Waals surface area contributed by atoms with Gasteiger partial charge >= 0.3 is 0 Å². The van der Waals surface area contributed by atoms with Crippen molar-refractivity contribution in [3.8, 4) is 0 Å². The molecule has 5 rings (SSSR count). The minimum atomic E-state index is -0.909. The second kappa shape index (κ2) is 12.3. The van der Waals surface area contributed by atoms with Gasteiger partial charge in [0.25, 0.3) is 0 Å². The normalized spacial score (nSPS) is 21.6. The Bertz CT molecular complexity index is 1230. The number of rotatable bonds is 8. The molecule has 37 heavy (non-hydrogen) atoms. The number of fused-ring (bicyclic) bond motifs is 1. The fraction of sp³-hybridized carbons (Fsp3) is 0.467. The molecule has 1 aliphatic carbocycles. The van der Waals surface area contributed by atoms with E-state index in [1.807, 2.05) is 0 Å². The molecule has 1 amide bonds. The van der Waals surface area contributed by atoms with Crippen molar-refractivity contribution in [2.24, 2.45) is 17.8 Å². The van der Waals surface area contributed by atoms with Gasteiger partial charge < -0.3 is 10.2 Å². The molecule has 3 aromatic rings. The van der Waals surface area contributed by atoms with Gasteiger partial charge in [0.05, 0.1) is 10.4 Å². The highest BCUT2D eigenvalue weighted by molar-refractivity contribution is 7.13. The summed E-state index contributed by atoms with van der Waals surface area (Å²) in [5, 5.41) is 4.37. The van der Waals surface area contributed by atoms with Crippen molar-refractivity contribution < 1.29 is 13.6 Å². The average molecular weight is 524 g/mol. The molecule has 2 heterocycles. The summed E-state index contributed by atoms with van der Waals surface area (Å²) in [4.78, 5) is 15.0. The first-order valence-electron chi connectivity index (χ1n) is 13.5. The van der Waals surface area contributed by atoms with E-state index in [1.165, 1.54) is 66.1 Å². The Morgan fingerprint density at radius 2 is 1.81 bits per heavy atom. The summed E-state index contributed by atoms with van der Waals surface area (Å²) in [5.74, 6) is -0.207. The number of nitrogens with zero attached hydrogens (tertiary/aromatic N) is 2. The molecule has 1 saturated heterocycles. The fourth-order valence-corrected chi connectivity index (χ4v) is 6.74. The van der Waals surface area contributed by atoms with E-state index in [2.05, 4.69) is 34.5 Å². The summed E-state index contributed by atoms with van der Waals surface area (Å²) >= 11 is 1.61. The minimum absolute atomic E-state index is 0.190. The van der Waals surface area contributed by atoms with Gasteiger partial charge in [-0.1, -0.05) is 37.1 Å². The van der Waals surface area contributed by atoms with Crippen LogP contribution >= 0.6 is 11.5 Å². The number of likely N-dealkylation sites (tertiary alicyclic amines) is 1. The maximum atomic E-state index is 13.4. The lowest BCUT2D eigenvalue weighted by Gasteiger charge is -2.38. The topological polar surface area (TPSA) is 45.2 Å². The maximum Gasteiger partial charge on any atom is 0.244 e. The number of nitrogens with one attached hydrogen (secondary N) is 1. The van der Waals surface area contributed by atoms with Crippen molar-refractivity contribution in [3.63, 3.8) is 0 Å². The van der Waals surface area contributed by atoms with Gasteiger partial charge in [0.1, 0.15) is 0 Å². The van der Waals surface area contributed by atoms with Gasteiger partial charge in [-0.05, 0) is 104 Å². The third-order valence-corrected chi connectivity index (χ3v) is 8.97. The fourth-order valence-electron chi connectivity index (χ4n) is 5.94. The van der Waals surface area contributed by atoms with Gasteiger partial charge in [-0.15, -0.1) is 0 Å². The lowest BCUT2D eigenvalue weighted by molar-refractivity contribution is -0.116. The third kappa shape index (κ3) is 6.82. The summed E-state index contributed by atoms with van der Waals surface area (Å²) in [6, 6.07) is 12.2. The lowest BCUT2D eigenvalue weighted by atomic mass is 9.78. The quantitative estimate of drug-likeness (QED) is 0.345. The molecule has 1 saturated carbocycles. The van der Waals surface area contributed by atoms with Crippen LogP contribution in [0.4, 0.5) is 8.78 Å². The lowest BCUT2D eigenvalue weighted by Crippen LogP contribution is -2.42. The van der Waals surface area contributed by atoms with E-state index >= 15 is 0 Å². The molecule has 1 aromatic heterocycles. The Balaban J connectivity index is 1.08. The number of benzene rings is 2. The summed E-state index contributed by atoms with van der Waals surface area (Å²) in [7, 11) is 0. The molecule has 0 spiro atoms. The summed E-state index contributed by atoms with van der Waals surface area (Å²) in [6.07, 6.45) is 11.3. The first kappa shape index (κ1) is 26.0. The molecule has 2 atom stereocenters. The van der Waals surface area contributed by atoms with Crippen LogP contribution in [-0.4, -0.2) is 41.4 Å². The Labute approximate surface area is 221 Å². The number of hydrogen-bond acceptors (Lipinski definition) is 4. The Morgan fingerprint density at radius 3 is 2.62 bits per heavy atom. The molecule has 0 bridgehead atoms. The SMILES string of the molecule is O=C(/C=C/c1ccc(F)c(F)c1)NC[C@H]1CCCC[C@@H]1CN1CCC(Cc2nsc3ccccc23)CC1. The zero-order valence-corrected chi connectivity index (χ0v) is 22.0. The number of hydrogen-bond donors (Lipinski definition) is 1. The molecule has 2 aliphatic rings. The van der Waals surface area contributed by atoms with Crippen molar-refractivity contribution in [3.05, 3.63) is 71.4 Å². The van der Waals surface area contributed by atoms with Crippen LogP contribution in [0.25, 0.3) is 16.2 Å². The highest BCUT2D eigenvalue weighted by Crippen LogP contribution is 2.32. The Kier molecular flexibility index (Phi) is 8.62.